The van der Waals surface area contributed by atoms with Crippen LogP contribution in [0.15, 0.2) is 96.8 Å². The summed E-state index contributed by atoms with van der Waals surface area (Å²) < 4.78 is 0. The van der Waals surface area contributed by atoms with Crippen molar-refractivity contribution < 1.29 is 0 Å². The minimum atomic E-state index is 0.789. The van der Waals surface area contributed by atoms with Crippen molar-refractivity contribution in [2.24, 2.45) is 0 Å². The third-order valence-corrected chi connectivity index (χ3v) is 8.50. The first-order chi connectivity index (χ1) is 20.6. The van der Waals surface area contributed by atoms with Crippen LogP contribution >= 0.6 is 0 Å². The zero-order valence-corrected chi connectivity index (χ0v) is 28.4. The summed E-state index contributed by atoms with van der Waals surface area (Å²) in [6.45, 7) is 33.8. The first-order valence-corrected chi connectivity index (χ1v) is 16.3. The number of aryl methyl sites for hydroxylation is 2. The molecule has 0 radical (unpaired) electrons. The minimum Gasteiger partial charge on any atom is -0.381 e. The Morgan fingerprint density at radius 2 is 1.53 bits per heavy atom. The molecule has 1 fully saturated rings. The number of benzene rings is 2. The van der Waals surface area contributed by atoms with Gasteiger partial charge in [0, 0.05) is 24.8 Å². The Bertz CT molecular complexity index is 1220. The minimum absolute atomic E-state index is 0.789. The molecule has 3 heteroatoms. The second-order valence-electron chi connectivity index (χ2n) is 12.1. The van der Waals surface area contributed by atoms with Crippen LogP contribution in [0.4, 0.5) is 0 Å². The van der Waals surface area contributed by atoms with E-state index in [1.54, 1.807) is 0 Å². The van der Waals surface area contributed by atoms with E-state index in [-0.39, 0.29) is 0 Å². The van der Waals surface area contributed by atoms with Crippen molar-refractivity contribution in [1.29, 1.82) is 0 Å². The molecule has 1 heterocycles. The molecule has 1 saturated heterocycles. The fraction of sp³-hybridized carbons (Fsp3) is 0.450. The molecule has 0 bridgehead atoms. The number of likely N-dealkylation sites (tertiary alicyclic amines) is 1. The van der Waals surface area contributed by atoms with Crippen molar-refractivity contribution in [3.8, 4) is 0 Å². The van der Waals surface area contributed by atoms with Gasteiger partial charge in [-0.05, 0) is 125 Å². The smallest absolute Gasteiger partial charge is 0.0400 e. The Balaban J connectivity index is 0.000000301. The number of nitrogens with one attached hydrogen (secondary N) is 1. The molecule has 234 valence electrons. The fourth-order valence-corrected chi connectivity index (χ4v) is 5.44. The zero-order chi connectivity index (χ0) is 31.8. The summed E-state index contributed by atoms with van der Waals surface area (Å²) in [4.78, 5) is 5.33. The van der Waals surface area contributed by atoms with Crippen LogP contribution in [0, 0.1) is 13.8 Å². The van der Waals surface area contributed by atoms with Crippen molar-refractivity contribution in [3.63, 3.8) is 0 Å². The maximum Gasteiger partial charge on any atom is 0.0400 e. The van der Waals surface area contributed by atoms with Gasteiger partial charge in [0.15, 0.2) is 0 Å². The lowest BCUT2D eigenvalue weighted by Crippen LogP contribution is -2.45. The van der Waals surface area contributed by atoms with Gasteiger partial charge in [0.1, 0.15) is 0 Å². The topological polar surface area (TPSA) is 18.5 Å². The molecule has 1 N–H and O–H groups in total. The first kappa shape index (κ1) is 36.1. The fourth-order valence-electron chi connectivity index (χ4n) is 5.44. The Morgan fingerprint density at radius 1 is 0.930 bits per heavy atom. The van der Waals surface area contributed by atoms with E-state index in [4.69, 9.17) is 0 Å². The van der Waals surface area contributed by atoms with Gasteiger partial charge in [-0.3, -0.25) is 4.90 Å². The highest BCUT2D eigenvalue weighted by Crippen LogP contribution is 2.20. The van der Waals surface area contributed by atoms with Gasteiger partial charge >= 0.3 is 0 Å². The van der Waals surface area contributed by atoms with Gasteiger partial charge in [0.25, 0.3) is 0 Å². The maximum atomic E-state index is 4.14. The number of hydrogen-bond donors (Lipinski definition) is 1. The number of rotatable bonds is 14. The van der Waals surface area contributed by atoms with E-state index in [1.165, 1.54) is 85.3 Å². The van der Waals surface area contributed by atoms with Crippen molar-refractivity contribution in [1.82, 2.24) is 15.1 Å². The molecular weight excluding hydrogens is 522 g/mol. The predicted octanol–water partition coefficient (Wildman–Crippen LogP) is 9.79. The number of hydrogen-bond acceptors (Lipinski definition) is 3. The molecule has 0 aliphatic carbocycles. The highest BCUT2D eigenvalue weighted by atomic mass is 15.2. The lowest BCUT2D eigenvalue weighted by molar-refractivity contribution is 0.104. The normalized spacial score (nSPS) is 14.7. The van der Waals surface area contributed by atoms with Crippen molar-refractivity contribution >= 4 is 6.08 Å². The average Bonchev–Trinajstić information content (AvgIpc) is 3.01. The van der Waals surface area contributed by atoms with Crippen molar-refractivity contribution in [3.05, 3.63) is 125 Å². The van der Waals surface area contributed by atoms with Gasteiger partial charge in [-0.2, -0.15) is 0 Å². The standard InChI is InChI=1S/C20H32N2.C20H27N/c1-4-13-22(14-5-2)20-11-15-21(16-12-20)17-19-9-7-18(6-3)8-10-19;1-8-20(12-16(5)14(2)3)18(7)21-13-19-10-9-15(4)17(6)11-19/h6-10,20H,3-5,11-17H2,1-2H3;8-12,21H,2,7,13H2,1,3-6H3/b;16-12-,20-8+. The molecule has 3 rings (SSSR count). The Hall–Kier alpha value is -3.14. The van der Waals surface area contributed by atoms with Crippen LogP contribution in [0.2, 0.25) is 0 Å². The summed E-state index contributed by atoms with van der Waals surface area (Å²) >= 11 is 0. The van der Waals surface area contributed by atoms with Crippen molar-refractivity contribution in [2.45, 2.75) is 93.3 Å². The van der Waals surface area contributed by atoms with E-state index < -0.39 is 0 Å². The number of nitrogens with zero attached hydrogens (tertiary/aromatic N) is 2. The largest absolute Gasteiger partial charge is 0.381 e. The number of piperidine rings is 1. The van der Waals surface area contributed by atoms with Gasteiger partial charge in [0.2, 0.25) is 0 Å². The highest BCUT2D eigenvalue weighted by Gasteiger charge is 2.23. The third kappa shape index (κ3) is 12.6. The van der Waals surface area contributed by atoms with Gasteiger partial charge in [-0.15, -0.1) is 0 Å². The Morgan fingerprint density at radius 3 is 2.05 bits per heavy atom. The lowest BCUT2D eigenvalue weighted by Gasteiger charge is -2.38. The SMILES string of the molecule is C=C(C)/C(C)=C\C(=C/C)C(=C)NCc1ccc(C)c(C)c1.C=Cc1ccc(CN2CCC(N(CCC)CCC)CC2)cc1. The van der Waals surface area contributed by atoms with Crippen LogP contribution in [0.5, 0.6) is 0 Å². The Labute approximate surface area is 264 Å². The number of allylic oxidation sites excluding steroid dienone is 4. The molecule has 0 unspecified atom stereocenters. The molecule has 0 atom stereocenters. The Kier molecular flexibility index (Phi) is 16.1. The monoisotopic (exact) mass is 581 g/mol. The summed E-state index contributed by atoms with van der Waals surface area (Å²) in [5.74, 6) is 0. The van der Waals surface area contributed by atoms with Gasteiger partial charge in [0.05, 0.1) is 0 Å². The molecule has 0 saturated carbocycles. The van der Waals surface area contributed by atoms with Crippen molar-refractivity contribution in [2.75, 3.05) is 26.2 Å². The van der Waals surface area contributed by atoms with Crippen LogP contribution in [0.1, 0.15) is 88.1 Å². The summed E-state index contributed by atoms with van der Waals surface area (Å²) in [5.41, 5.74) is 10.9. The van der Waals surface area contributed by atoms with Gasteiger partial charge in [-0.1, -0.05) is 99.9 Å². The van der Waals surface area contributed by atoms with E-state index in [9.17, 15) is 0 Å². The van der Waals surface area contributed by atoms with E-state index in [1.807, 2.05) is 19.9 Å². The van der Waals surface area contributed by atoms with E-state index >= 15 is 0 Å². The summed E-state index contributed by atoms with van der Waals surface area (Å²) in [7, 11) is 0. The van der Waals surface area contributed by atoms with Gasteiger partial charge in [-0.25, -0.2) is 0 Å². The molecule has 0 amide bonds. The second-order valence-corrected chi connectivity index (χ2v) is 12.1. The molecule has 2 aromatic carbocycles. The summed E-state index contributed by atoms with van der Waals surface area (Å²) in [6.07, 6.45) is 11.3. The maximum absolute atomic E-state index is 4.14. The summed E-state index contributed by atoms with van der Waals surface area (Å²) in [6, 6.07) is 16.2. The van der Waals surface area contributed by atoms with Crippen LogP contribution in [-0.4, -0.2) is 42.0 Å². The molecule has 0 spiro atoms. The molecule has 1 aliphatic heterocycles. The van der Waals surface area contributed by atoms with Gasteiger partial charge < -0.3 is 10.2 Å². The third-order valence-electron chi connectivity index (χ3n) is 8.50. The quantitative estimate of drug-likeness (QED) is 0.224. The predicted molar refractivity (Wildman–Crippen MR) is 191 cm³/mol. The van der Waals surface area contributed by atoms with E-state index in [2.05, 4.69) is 124 Å². The molecular formula is C40H59N3. The highest BCUT2D eigenvalue weighted by molar-refractivity contribution is 5.47. The zero-order valence-electron chi connectivity index (χ0n) is 28.4. The van der Waals surface area contributed by atoms with Crippen LogP contribution in [0.3, 0.4) is 0 Å². The molecule has 43 heavy (non-hydrogen) atoms. The van der Waals surface area contributed by atoms with E-state index in [0.29, 0.717) is 0 Å². The molecule has 3 nitrogen and oxygen atoms in total. The lowest BCUT2D eigenvalue weighted by atomic mass is 10.0. The first-order valence-electron chi connectivity index (χ1n) is 16.3. The molecule has 2 aromatic rings. The average molecular weight is 582 g/mol. The van der Waals surface area contributed by atoms with Crippen LogP contribution < -0.4 is 5.32 Å². The van der Waals surface area contributed by atoms with E-state index in [0.717, 1.165) is 36.0 Å². The van der Waals surface area contributed by atoms with Crippen LogP contribution in [-0.2, 0) is 13.1 Å². The van der Waals surface area contributed by atoms with Crippen LogP contribution in [0.25, 0.3) is 6.08 Å². The molecule has 0 aromatic heterocycles. The summed E-state index contributed by atoms with van der Waals surface area (Å²) in [5, 5.41) is 3.40. The second kappa shape index (κ2) is 19.2. The molecule has 1 aliphatic rings.